The smallest absolute Gasteiger partial charge is 0.0609 e. The molecule has 0 saturated carbocycles. The summed E-state index contributed by atoms with van der Waals surface area (Å²) in [6.07, 6.45) is 4.58. The zero-order chi connectivity index (χ0) is 7.97. The second-order valence-corrected chi connectivity index (χ2v) is 3.67. The fraction of sp³-hybridized carbons (Fsp3) is 0.500. The number of aliphatic imine (C=N–C) groups is 1. The van der Waals surface area contributed by atoms with Crippen LogP contribution in [0.2, 0.25) is 0 Å². The first-order chi connectivity index (χ1) is 5.95. The van der Waals surface area contributed by atoms with E-state index in [9.17, 15) is 0 Å². The predicted octanol–water partition coefficient (Wildman–Crippen LogP) is 1.06. The van der Waals surface area contributed by atoms with E-state index in [1.54, 1.807) is 16.7 Å². The highest BCUT2D eigenvalue weighted by atomic mass is 14.9. The highest BCUT2D eigenvalue weighted by molar-refractivity contribution is 5.89. The molecule has 1 N–H and O–H groups in total. The predicted molar refractivity (Wildman–Crippen MR) is 49.5 cm³/mol. The Hall–Kier alpha value is -0.890. The van der Waals surface area contributed by atoms with Crippen molar-refractivity contribution in [3.05, 3.63) is 22.3 Å². The Morgan fingerprint density at radius 3 is 3.08 bits per heavy atom. The molecule has 0 saturated heterocycles. The van der Waals surface area contributed by atoms with Gasteiger partial charge in [-0.3, -0.25) is 4.99 Å². The molecule has 2 nitrogen and oxygen atoms in total. The maximum Gasteiger partial charge on any atom is 0.0609 e. The molecule has 2 heteroatoms. The molecule has 1 aliphatic carbocycles. The lowest BCUT2D eigenvalue weighted by Crippen LogP contribution is -2.09. The molecule has 3 aliphatic rings. The number of hydrogen-bond donors (Lipinski definition) is 1. The molecule has 0 bridgehead atoms. The molecule has 0 spiro atoms. The minimum absolute atomic E-state index is 0.964. The van der Waals surface area contributed by atoms with Gasteiger partial charge in [0.05, 0.1) is 6.54 Å². The topological polar surface area (TPSA) is 24.4 Å². The molecule has 62 valence electrons. The van der Waals surface area contributed by atoms with Crippen molar-refractivity contribution in [1.29, 1.82) is 0 Å². The summed E-state index contributed by atoms with van der Waals surface area (Å²) in [4.78, 5) is 4.33. The van der Waals surface area contributed by atoms with Crippen LogP contribution in [0.4, 0.5) is 0 Å². The van der Waals surface area contributed by atoms with Crippen molar-refractivity contribution < 1.29 is 0 Å². The second kappa shape index (κ2) is 2.30. The molecular weight excluding hydrogens is 148 g/mol. The van der Waals surface area contributed by atoms with Crippen molar-refractivity contribution in [1.82, 2.24) is 5.32 Å². The lowest BCUT2D eigenvalue weighted by atomic mass is 9.89. The zero-order valence-corrected chi connectivity index (χ0v) is 7.06. The van der Waals surface area contributed by atoms with Gasteiger partial charge in [-0.15, -0.1) is 0 Å². The van der Waals surface area contributed by atoms with Crippen LogP contribution in [0.1, 0.15) is 12.8 Å². The third-order valence-electron chi connectivity index (χ3n) is 3.00. The van der Waals surface area contributed by atoms with Gasteiger partial charge in [0, 0.05) is 19.3 Å². The maximum atomic E-state index is 4.33. The van der Waals surface area contributed by atoms with Crippen LogP contribution in [-0.2, 0) is 0 Å². The molecular formula is C10H12N2. The quantitative estimate of drug-likeness (QED) is 0.563. The van der Waals surface area contributed by atoms with Crippen LogP contribution in [0, 0.1) is 0 Å². The second-order valence-electron chi connectivity index (χ2n) is 3.67. The van der Waals surface area contributed by atoms with E-state index in [-0.39, 0.29) is 0 Å². The fourth-order valence-corrected chi connectivity index (χ4v) is 2.33. The van der Waals surface area contributed by atoms with E-state index in [2.05, 4.69) is 16.5 Å². The molecule has 0 atom stereocenters. The fourth-order valence-electron chi connectivity index (χ4n) is 2.33. The summed E-state index contributed by atoms with van der Waals surface area (Å²) in [5, 5.41) is 3.41. The highest BCUT2D eigenvalue weighted by Crippen LogP contribution is 2.33. The van der Waals surface area contributed by atoms with Crippen molar-refractivity contribution in [3.63, 3.8) is 0 Å². The average molecular weight is 160 g/mol. The van der Waals surface area contributed by atoms with Crippen LogP contribution in [0.5, 0.6) is 0 Å². The van der Waals surface area contributed by atoms with Gasteiger partial charge in [0.1, 0.15) is 0 Å². The number of hydrogen-bond acceptors (Lipinski definition) is 2. The maximum absolute atomic E-state index is 4.33. The Morgan fingerprint density at radius 1 is 1.17 bits per heavy atom. The average Bonchev–Trinajstić information content (AvgIpc) is 2.71. The Labute approximate surface area is 72.1 Å². The summed E-state index contributed by atoms with van der Waals surface area (Å²) in [6.45, 7) is 3.15. The monoisotopic (exact) mass is 160 g/mol. The van der Waals surface area contributed by atoms with E-state index in [1.807, 2.05) is 0 Å². The van der Waals surface area contributed by atoms with E-state index in [1.165, 1.54) is 18.4 Å². The van der Waals surface area contributed by atoms with Gasteiger partial charge in [0.15, 0.2) is 0 Å². The lowest BCUT2D eigenvalue weighted by Gasteiger charge is -2.14. The molecule has 0 amide bonds. The summed E-state index contributed by atoms with van der Waals surface area (Å²) < 4.78 is 0. The van der Waals surface area contributed by atoms with Crippen molar-refractivity contribution in [2.45, 2.75) is 12.8 Å². The Kier molecular flexibility index (Phi) is 1.27. The summed E-state index contributed by atoms with van der Waals surface area (Å²) in [5.74, 6) is 0. The van der Waals surface area contributed by atoms with Gasteiger partial charge in [0.2, 0.25) is 0 Å². The standard InChI is InChI=1S/C10H12N2/c1-2-8-4-12-6-10(8)9-5-11-3-7(1)9/h5,12H,1-4,6H2. The number of nitrogens with zero attached hydrogens (tertiary/aromatic N) is 1. The van der Waals surface area contributed by atoms with E-state index < -0.39 is 0 Å². The zero-order valence-electron chi connectivity index (χ0n) is 7.06. The Balaban J connectivity index is 2.10. The largest absolute Gasteiger partial charge is 0.309 e. The first kappa shape index (κ1) is 6.61. The van der Waals surface area contributed by atoms with Crippen molar-refractivity contribution in [2.24, 2.45) is 4.99 Å². The van der Waals surface area contributed by atoms with Crippen molar-refractivity contribution in [2.75, 3.05) is 19.6 Å². The normalized spacial score (nSPS) is 26.7. The van der Waals surface area contributed by atoms with Gasteiger partial charge < -0.3 is 5.32 Å². The van der Waals surface area contributed by atoms with E-state index >= 15 is 0 Å². The van der Waals surface area contributed by atoms with Gasteiger partial charge >= 0.3 is 0 Å². The summed E-state index contributed by atoms with van der Waals surface area (Å²) in [6, 6.07) is 0. The SMILES string of the molecule is C1=NCC2=C1C1=C(CC2)CNC1. The first-order valence-electron chi connectivity index (χ1n) is 4.59. The molecule has 0 unspecified atom stereocenters. The summed E-state index contributed by atoms with van der Waals surface area (Å²) >= 11 is 0. The minimum atomic E-state index is 0.964. The summed E-state index contributed by atoms with van der Waals surface area (Å²) in [5.41, 5.74) is 6.21. The van der Waals surface area contributed by atoms with Crippen LogP contribution in [0.3, 0.4) is 0 Å². The van der Waals surface area contributed by atoms with E-state index in [0.717, 1.165) is 19.6 Å². The molecule has 0 aromatic heterocycles. The Bertz CT molecular complexity index is 321. The van der Waals surface area contributed by atoms with Crippen LogP contribution in [0.15, 0.2) is 27.3 Å². The van der Waals surface area contributed by atoms with Crippen molar-refractivity contribution >= 4 is 6.21 Å². The van der Waals surface area contributed by atoms with Gasteiger partial charge in [-0.05, 0) is 29.6 Å². The number of fused-ring (bicyclic) bond motifs is 1. The molecule has 0 fully saturated rings. The molecule has 0 aromatic rings. The molecule has 12 heavy (non-hydrogen) atoms. The molecule has 2 heterocycles. The molecule has 2 aliphatic heterocycles. The van der Waals surface area contributed by atoms with E-state index in [4.69, 9.17) is 0 Å². The molecule has 0 radical (unpaired) electrons. The van der Waals surface area contributed by atoms with Crippen LogP contribution >= 0.6 is 0 Å². The van der Waals surface area contributed by atoms with Crippen molar-refractivity contribution in [3.8, 4) is 0 Å². The molecule has 3 rings (SSSR count). The minimum Gasteiger partial charge on any atom is -0.309 e. The Morgan fingerprint density at radius 2 is 2.08 bits per heavy atom. The van der Waals surface area contributed by atoms with Crippen LogP contribution < -0.4 is 5.32 Å². The van der Waals surface area contributed by atoms with Crippen LogP contribution in [0.25, 0.3) is 0 Å². The third-order valence-corrected chi connectivity index (χ3v) is 3.00. The number of rotatable bonds is 0. The van der Waals surface area contributed by atoms with E-state index in [0.29, 0.717) is 0 Å². The van der Waals surface area contributed by atoms with Crippen LogP contribution in [-0.4, -0.2) is 25.8 Å². The lowest BCUT2D eigenvalue weighted by molar-refractivity contribution is 0.826. The summed E-state index contributed by atoms with van der Waals surface area (Å²) in [7, 11) is 0. The van der Waals surface area contributed by atoms with Gasteiger partial charge in [-0.2, -0.15) is 0 Å². The first-order valence-corrected chi connectivity index (χ1v) is 4.59. The van der Waals surface area contributed by atoms with Gasteiger partial charge in [0.25, 0.3) is 0 Å². The highest BCUT2D eigenvalue weighted by Gasteiger charge is 2.25. The van der Waals surface area contributed by atoms with Gasteiger partial charge in [-0.1, -0.05) is 5.57 Å². The number of nitrogens with one attached hydrogen (secondary N) is 1. The van der Waals surface area contributed by atoms with Gasteiger partial charge in [-0.25, -0.2) is 0 Å². The molecule has 0 aromatic carbocycles. The third kappa shape index (κ3) is 0.758.